The third-order valence-corrected chi connectivity index (χ3v) is 4.57. The van der Waals surface area contributed by atoms with Gasteiger partial charge in [-0.3, -0.25) is 18.8 Å². The summed E-state index contributed by atoms with van der Waals surface area (Å²) in [5.41, 5.74) is 1.21. The number of aromatic nitrogens is 5. The first kappa shape index (κ1) is 17.3. The first-order valence-electron chi connectivity index (χ1n) is 7.89. The van der Waals surface area contributed by atoms with E-state index in [-0.39, 0.29) is 29.8 Å². The SMILES string of the molecule is Cn1ncc2c(=O)n(CCC(=O)Nc3nc(C(C)(C)C)cs3)cnc21. The molecule has 0 spiro atoms. The lowest BCUT2D eigenvalue weighted by atomic mass is 9.93. The van der Waals surface area contributed by atoms with Crippen LogP contribution in [0.1, 0.15) is 32.9 Å². The van der Waals surface area contributed by atoms with Crippen LogP contribution < -0.4 is 10.9 Å². The second kappa shape index (κ2) is 6.40. The molecular weight excluding hydrogens is 340 g/mol. The van der Waals surface area contributed by atoms with Crippen molar-refractivity contribution in [1.82, 2.24) is 24.3 Å². The molecule has 0 saturated carbocycles. The minimum absolute atomic E-state index is 0.0579. The normalized spacial score (nSPS) is 11.8. The van der Waals surface area contributed by atoms with Gasteiger partial charge in [-0.1, -0.05) is 20.8 Å². The van der Waals surface area contributed by atoms with E-state index >= 15 is 0 Å². The summed E-state index contributed by atoms with van der Waals surface area (Å²) in [6.45, 7) is 6.46. The van der Waals surface area contributed by atoms with E-state index in [0.717, 1.165) is 5.69 Å². The van der Waals surface area contributed by atoms with Gasteiger partial charge in [0, 0.05) is 30.8 Å². The van der Waals surface area contributed by atoms with E-state index in [1.165, 1.54) is 28.4 Å². The number of carbonyl (C=O) groups excluding carboxylic acids is 1. The second-order valence-electron chi connectivity index (χ2n) is 6.83. The molecule has 0 aromatic carbocycles. The molecule has 0 unspecified atom stereocenters. The lowest BCUT2D eigenvalue weighted by Crippen LogP contribution is -2.23. The fourth-order valence-corrected chi connectivity index (χ4v) is 3.26. The quantitative estimate of drug-likeness (QED) is 0.767. The topological polar surface area (TPSA) is 94.7 Å². The lowest BCUT2D eigenvalue weighted by molar-refractivity contribution is -0.116. The number of fused-ring (bicyclic) bond motifs is 1. The van der Waals surface area contributed by atoms with E-state index in [2.05, 4.69) is 41.2 Å². The second-order valence-corrected chi connectivity index (χ2v) is 7.69. The fourth-order valence-electron chi connectivity index (χ4n) is 2.31. The predicted molar refractivity (Wildman–Crippen MR) is 96.8 cm³/mol. The zero-order valence-electron chi connectivity index (χ0n) is 14.6. The van der Waals surface area contributed by atoms with Crippen molar-refractivity contribution in [3.63, 3.8) is 0 Å². The molecular formula is C16H20N6O2S. The van der Waals surface area contributed by atoms with E-state index in [1.54, 1.807) is 11.7 Å². The summed E-state index contributed by atoms with van der Waals surface area (Å²) in [6.07, 6.45) is 3.10. The minimum Gasteiger partial charge on any atom is -0.302 e. The number of nitrogens with one attached hydrogen (secondary N) is 1. The van der Waals surface area contributed by atoms with Crippen LogP contribution in [0, 0.1) is 0 Å². The van der Waals surface area contributed by atoms with Crippen LogP contribution in [0.15, 0.2) is 22.7 Å². The highest BCUT2D eigenvalue weighted by atomic mass is 32.1. The number of hydrogen-bond acceptors (Lipinski definition) is 6. The lowest BCUT2D eigenvalue weighted by Gasteiger charge is -2.14. The molecule has 0 aliphatic heterocycles. The molecule has 3 rings (SSSR count). The number of nitrogens with zero attached hydrogens (tertiary/aromatic N) is 5. The van der Waals surface area contributed by atoms with Crippen LogP contribution in [0.4, 0.5) is 5.13 Å². The standard InChI is InChI=1S/C16H20N6O2S/c1-16(2,3)11-8-25-15(19-11)20-12(23)5-6-22-9-17-13-10(14(22)24)7-18-21(13)4/h7-9H,5-6H2,1-4H3,(H,19,20,23). The van der Waals surface area contributed by atoms with Crippen molar-refractivity contribution in [3.8, 4) is 0 Å². The molecule has 8 nitrogen and oxygen atoms in total. The van der Waals surface area contributed by atoms with Crippen LogP contribution in [0.25, 0.3) is 11.0 Å². The van der Waals surface area contributed by atoms with Gasteiger partial charge in [0.05, 0.1) is 18.2 Å². The Labute approximate surface area is 148 Å². The van der Waals surface area contributed by atoms with Gasteiger partial charge in [-0.05, 0) is 0 Å². The van der Waals surface area contributed by atoms with Crippen LogP contribution in [-0.2, 0) is 23.8 Å². The van der Waals surface area contributed by atoms with Crippen molar-refractivity contribution in [2.24, 2.45) is 7.05 Å². The third kappa shape index (κ3) is 3.60. The molecule has 1 amide bonds. The molecule has 3 aromatic heterocycles. The van der Waals surface area contributed by atoms with Gasteiger partial charge in [0.1, 0.15) is 5.39 Å². The van der Waals surface area contributed by atoms with Crippen molar-refractivity contribution in [2.45, 2.75) is 39.2 Å². The van der Waals surface area contributed by atoms with E-state index in [9.17, 15) is 9.59 Å². The van der Waals surface area contributed by atoms with E-state index in [0.29, 0.717) is 16.2 Å². The number of aryl methyl sites for hydroxylation is 2. The van der Waals surface area contributed by atoms with E-state index < -0.39 is 0 Å². The summed E-state index contributed by atoms with van der Waals surface area (Å²) >= 11 is 1.40. The first-order chi connectivity index (χ1) is 11.8. The van der Waals surface area contributed by atoms with Gasteiger partial charge in [0.2, 0.25) is 5.91 Å². The monoisotopic (exact) mass is 360 g/mol. The average molecular weight is 360 g/mol. The molecule has 3 aromatic rings. The molecule has 0 bridgehead atoms. The third-order valence-electron chi connectivity index (χ3n) is 3.82. The van der Waals surface area contributed by atoms with Gasteiger partial charge in [-0.15, -0.1) is 11.3 Å². The number of amides is 1. The molecule has 0 radical (unpaired) electrons. The zero-order chi connectivity index (χ0) is 18.2. The summed E-state index contributed by atoms with van der Waals surface area (Å²) in [4.78, 5) is 33.1. The summed E-state index contributed by atoms with van der Waals surface area (Å²) in [7, 11) is 1.73. The Morgan fingerprint density at radius 3 is 2.80 bits per heavy atom. The van der Waals surface area contributed by atoms with Gasteiger partial charge < -0.3 is 5.32 Å². The van der Waals surface area contributed by atoms with Crippen molar-refractivity contribution >= 4 is 33.4 Å². The number of thiazole rings is 1. The Bertz CT molecular complexity index is 979. The molecule has 0 saturated heterocycles. The molecule has 25 heavy (non-hydrogen) atoms. The highest BCUT2D eigenvalue weighted by Crippen LogP contribution is 2.26. The largest absolute Gasteiger partial charge is 0.302 e. The maximum atomic E-state index is 12.4. The highest BCUT2D eigenvalue weighted by Gasteiger charge is 2.18. The van der Waals surface area contributed by atoms with Crippen molar-refractivity contribution in [1.29, 1.82) is 0 Å². The predicted octanol–water partition coefficient (Wildman–Crippen LogP) is 1.91. The Morgan fingerprint density at radius 2 is 2.12 bits per heavy atom. The van der Waals surface area contributed by atoms with Crippen LogP contribution in [0.3, 0.4) is 0 Å². The molecule has 132 valence electrons. The highest BCUT2D eigenvalue weighted by molar-refractivity contribution is 7.13. The van der Waals surface area contributed by atoms with Crippen LogP contribution >= 0.6 is 11.3 Å². The van der Waals surface area contributed by atoms with E-state index in [1.807, 2.05) is 5.38 Å². The number of hydrogen-bond donors (Lipinski definition) is 1. The summed E-state index contributed by atoms with van der Waals surface area (Å²) < 4.78 is 2.97. The number of anilines is 1. The van der Waals surface area contributed by atoms with Gasteiger partial charge in [0.25, 0.3) is 5.56 Å². The number of rotatable bonds is 4. The number of carbonyl (C=O) groups is 1. The summed E-state index contributed by atoms with van der Waals surface area (Å²) in [6, 6.07) is 0. The van der Waals surface area contributed by atoms with E-state index in [4.69, 9.17) is 0 Å². The Hall–Kier alpha value is -2.55. The molecule has 0 atom stereocenters. The molecule has 0 aliphatic rings. The van der Waals surface area contributed by atoms with Crippen molar-refractivity contribution < 1.29 is 4.79 Å². The Balaban J connectivity index is 1.65. The summed E-state index contributed by atoms with van der Waals surface area (Å²) in [5.74, 6) is -0.187. The smallest absolute Gasteiger partial charge is 0.264 e. The van der Waals surface area contributed by atoms with Crippen LogP contribution in [0.5, 0.6) is 0 Å². The average Bonchev–Trinajstić information content (AvgIpc) is 3.14. The molecule has 0 fully saturated rings. The molecule has 3 heterocycles. The Kier molecular flexibility index (Phi) is 4.42. The van der Waals surface area contributed by atoms with Crippen molar-refractivity contribution in [2.75, 3.05) is 5.32 Å². The van der Waals surface area contributed by atoms with Crippen molar-refractivity contribution in [3.05, 3.63) is 34.0 Å². The molecule has 9 heteroatoms. The maximum Gasteiger partial charge on any atom is 0.264 e. The molecule has 1 N–H and O–H groups in total. The van der Waals surface area contributed by atoms with Gasteiger partial charge in [0.15, 0.2) is 10.8 Å². The summed E-state index contributed by atoms with van der Waals surface area (Å²) in [5, 5.41) is 9.77. The van der Waals surface area contributed by atoms with Crippen LogP contribution in [0.2, 0.25) is 0 Å². The van der Waals surface area contributed by atoms with Crippen LogP contribution in [-0.4, -0.2) is 30.2 Å². The van der Waals surface area contributed by atoms with Gasteiger partial charge >= 0.3 is 0 Å². The van der Waals surface area contributed by atoms with Gasteiger partial charge in [-0.25, -0.2) is 9.97 Å². The Morgan fingerprint density at radius 1 is 1.36 bits per heavy atom. The molecule has 0 aliphatic carbocycles. The fraction of sp³-hybridized carbons (Fsp3) is 0.438. The maximum absolute atomic E-state index is 12.4. The van der Waals surface area contributed by atoms with Gasteiger partial charge in [-0.2, -0.15) is 5.10 Å². The minimum atomic E-state index is -0.199. The zero-order valence-corrected chi connectivity index (χ0v) is 15.4. The first-order valence-corrected chi connectivity index (χ1v) is 8.76.